The van der Waals surface area contributed by atoms with E-state index in [2.05, 4.69) is 15.6 Å². The van der Waals surface area contributed by atoms with Crippen molar-refractivity contribution in [1.29, 1.82) is 0 Å². The van der Waals surface area contributed by atoms with Crippen molar-refractivity contribution in [2.45, 2.75) is 25.3 Å². The Morgan fingerprint density at radius 1 is 1.29 bits per heavy atom. The average Bonchev–Trinajstić information content (AvgIpc) is 3.08. The maximum Gasteiger partial charge on any atom is 0.257 e. The Hall–Kier alpha value is -2.30. The summed E-state index contributed by atoms with van der Waals surface area (Å²) in [4.78, 5) is 28.7. The fourth-order valence-corrected chi connectivity index (χ4v) is 4.63. The Kier molecular flexibility index (Phi) is 6.42. The van der Waals surface area contributed by atoms with E-state index in [1.807, 2.05) is 6.07 Å². The van der Waals surface area contributed by atoms with Crippen LogP contribution in [0.3, 0.4) is 0 Å². The van der Waals surface area contributed by atoms with E-state index in [9.17, 15) is 18.0 Å². The zero-order valence-corrected chi connectivity index (χ0v) is 17.1. The van der Waals surface area contributed by atoms with Crippen molar-refractivity contribution < 1.29 is 18.0 Å². The van der Waals surface area contributed by atoms with Crippen LogP contribution in [0.4, 0.5) is 5.13 Å². The molecule has 150 valence electrons. The maximum absolute atomic E-state index is 12.3. The highest BCUT2D eigenvalue weighted by atomic mass is 32.2. The number of hydrogen-bond donors (Lipinski definition) is 2. The van der Waals surface area contributed by atoms with Crippen LogP contribution in [0.15, 0.2) is 35.7 Å². The smallest absolute Gasteiger partial charge is 0.257 e. The number of sulfonamides is 1. The van der Waals surface area contributed by atoms with Gasteiger partial charge in [0.15, 0.2) is 5.13 Å². The maximum atomic E-state index is 12.3. The van der Waals surface area contributed by atoms with Gasteiger partial charge in [0.1, 0.15) is 0 Å². The third kappa shape index (κ3) is 5.60. The van der Waals surface area contributed by atoms with Crippen LogP contribution in [0.1, 0.15) is 28.9 Å². The predicted molar refractivity (Wildman–Crippen MR) is 108 cm³/mol. The Labute approximate surface area is 168 Å². The quantitative estimate of drug-likeness (QED) is 0.733. The zero-order chi connectivity index (χ0) is 20.1. The molecule has 1 atom stereocenters. The number of thiazole rings is 1. The molecule has 10 heteroatoms. The van der Waals surface area contributed by atoms with Gasteiger partial charge in [-0.05, 0) is 25.0 Å². The number of piperidine rings is 1. The topological polar surface area (TPSA) is 108 Å². The molecule has 0 bridgehead atoms. The van der Waals surface area contributed by atoms with Gasteiger partial charge >= 0.3 is 0 Å². The Bertz CT molecular complexity index is 944. The summed E-state index contributed by atoms with van der Waals surface area (Å²) >= 11 is 1.25. The molecule has 2 heterocycles. The first-order chi connectivity index (χ1) is 13.3. The number of rotatable bonds is 6. The predicted octanol–water partition coefficient (Wildman–Crippen LogP) is 1.48. The Morgan fingerprint density at radius 2 is 2.04 bits per heavy atom. The van der Waals surface area contributed by atoms with E-state index in [-0.39, 0.29) is 24.3 Å². The van der Waals surface area contributed by atoms with E-state index in [1.54, 1.807) is 29.6 Å². The summed E-state index contributed by atoms with van der Waals surface area (Å²) < 4.78 is 24.7. The van der Waals surface area contributed by atoms with Crippen molar-refractivity contribution in [2.75, 3.05) is 24.7 Å². The lowest BCUT2D eigenvalue weighted by molar-refractivity contribution is -0.121. The second-order valence-electron chi connectivity index (χ2n) is 6.67. The van der Waals surface area contributed by atoms with Crippen LogP contribution in [0.5, 0.6) is 0 Å². The molecule has 1 aliphatic heterocycles. The molecular formula is C18H22N4O4S2. The van der Waals surface area contributed by atoms with Crippen LogP contribution < -0.4 is 10.6 Å². The van der Waals surface area contributed by atoms with Gasteiger partial charge in [-0.15, -0.1) is 11.3 Å². The van der Waals surface area contributed by atoms with Crippen molar-refractivity contribution in [3.63, 3.8) is 0 Å². The van der Waals surface area contributed by atoms with Crippen LogP contribution in [-0.4, -0.2) is 54.9 Å². The van der Waals surface area contributed by atoms with Gasteiger partial charge in [-0.2, -0.15) is 0 Å². The van der Waals surface area contributed by atoms with E-state index in [0.717, 1.165) is 6.42 Å². The molecule has 1 unspecified atom stereocenters. The molecule has 0 radical (unpaired) electrons. The SMILES string of the molecule is CS(=O)(=O)N1CCCC(NC(=O)Cc2csc(NC(=O)c3ccccc3)n2)C1. The third-order valence-corrected chi connectivity index (χ3v) is 6.44. The van der Waals surface area contributed by atoms with Crippen molar-refractivity contribution >= 4 is 38.3 Å². The minimum absolute atomic E-state index is 0.0765. The standard InChI is InChI=1S/C18H22N4O4S2/c1-28(25,26)22-9-5-8-14(11-22)19-16(23)10-15-12-27-18(20-15)21-17(24)13-6-3-2-4-7-13/h2-4,6-7,12,14H,5,8-11H2,1H3,(H,19,23)(H,20,21,24). The largest absolute Gasteiger partial charge is 0.352 e. The highest BCUT2D eigenvalue weighted by Gasteiger charge is 2.26. The van der Waals surface area contributed by atoms with Gasteiger partial charge in [-0.3, -0.25) is 14.9 Å². The molecule has 8 nitrogen and oxygen atoms in total. The first-order valence-corrected chi connectivity index (χ1v) is 11.6. The monoisotopic (exact) mass is 422 g/mol. The molecular weight excluding hydrogens is 400 g/mol. The molecule has 1 saturated heterocycles. The number of carbonyl (C=O) groups is 2. The summed E-state index contributed by atoms with van der Waals surface area (Å²) in [5.41, 5.74) is 1.09. The second-order valence-corrected chi connectivity index (χ2v) is 9.51. The van der Waals surface area contributed by atoms with Crippen molar-refractivity contribution in [3.8, 4) is 0 Å². The van der Waals surface area contributed by atoms with Gasteiger partial charge in [0.05, 0.1) is 18.4 Å². The van der Waals surface area contributed by atoms with Gasteiger partial charge in [0.2, 0.25) is 15.9 Å². The lowest BCUT2D eigenvalue weighted by Gasteiger charge is -2.31. The molecule has 2 amide bonds. The number of amides is 2. The number of aromatic nitrogens is 1. The summed E-state index contributed by atoms with van der Waals surface area (Å²) in [7, 11) is -3.25. The highest BCUT2D eigenvalue weighted by Crippen LogP contribution is 2.18. The molecule has 2 N–H and O–H groups in total. The van der Waals surface area contributed by atoms with E-state index >= 15 is 0 Å². The number of hydrogen-bond acceptors (Lipinski definition) is 6. The second kappa shape index (κ2) is 8.80. The van der Waals surface area contributed by atoms with Crippen LogP contribution in [-0.2, 0) is 21.2 Å². The summed E-state index contributed by atoms with van der Waals surface area (Å²) in [5, 5.41) is 7.75. The number of nitrogens with zero attached hydrogens (tertiary/aromatic N) is 2. The van der Waals surface area contributed by atoms with Crippen molar-refractivity contribution in [2.24, 2.45) is 0 Å². The number of carbonyl (C=O) groups excluding carboxylic acids is 2. The van der Waals surface area contributed by atoms with Crippen LogP contribution in [0.25, 0.3) is 0 Å². The van der Waals surface area contributed by atoms with Crippen molar-refractivity contribution in [3.05, 3.63) is 47.0 Å². The number of anilines is 1. The van der Waals surface area contributed by atoms with E-state index in [4.69, 9.17) is 0 Å². The molecule has 3 rings (SSSR count). The van der Waals surface area contributed by atoms with Crippen LogP contribution >= 0.6 is 11.3 Å². The Morgan fingerprint density at radius 3 is 2.75 bits per heavy atom. The zero-order valence-electron chi connectivity index (χ0n) is 15.4. The van der Waals surface area contributed by atoms with Crippen LogP contribution in [0.2, 0.25) is 0 Å². The first kappa shape index (κ1) is 20.4. The lowest BCUT2D eigenvalue weighted by atomic mass is 10.1. The average molecular weight is 423 g/mol. The Balaban J connectivity index is 1.52. The summed E-state index contributed by atoms with van der Waals surface area (Å²) in [5.74, 6) is -0.472. The molecule has 28 heavy (non-hydrogen) atoms. The molecule has 2 aromatic rings. The van der Waals surface area contributed by atoms with Gasteiger partial charge in [-0.1, -0.05) is 18.2 Å². The van der Waals surface area contributed by atoms with E-state index in [0.29, 0.717) is 35.9 Å². The van der Waals surface area contributed by atoms with Crippen molar-refractivity contribution in [1.82, 2.24) is 14.6 Å². The fourth-order valence-electron chi connectivity index (χ4n) is 3.01. The van der Waals surface area contributed by atoms with E-state index < -0.39 is 10.0 Å². The molecule has 1 aliphatic rings. The molecule has 0 spiro atoms. The van der Waals surface area contributed by atoms with Gasteiger partial charge < -0.3 is 5.32 Å². The van der Waals surface area contributed by atoms with E-state index in [1.165, 1.54) is 21.9 Å². The van der Waals surface area contributed by atoms with Gasteiger partial charge in [0.25, 0.3) is 5.91 Å². The van der Waals surface area contributed by atoms with Gasteiger partial charge in [0, 0.05) is 30.1 Å². The summed E-state index contributed by atoms with van der Waals surface area (Å²) in [6.45, 7) is 0.780. The highest BCUT2D eigenvalue weighted by molar-refractivity contribution is 7.88. The minimum atomic E-state index is -3.25. The number of benzene rings is 1. The minimum Gasteiger partial charge on any atom is -0.352 e. The molecule has 0 aliphatic carbocycles. The van der Waals surface area contributed by atoms with Gasteiger partial charge in [-0.25, -0.2) is 17.7 Å². The number of nitrogens with one attached hydrogen (secondary N) is 2. The first-order valence-electron chi connectivity index (χ1n) is 8.86. The van der Waals surface area contributed by atoms with Crippen LogP contribution in [0, 0.1) is 0 Å². The molecule has 1 aromatic heterocycles. The third-order valence-electron chi connectivity index (χ3n) is 4.37. The summed E-state index contributed by atoms with van der Waals surface area (Å²) in [6.07, 6.45) is 2.71. The summed E-state index contributed by atoms with van der Waals surface area (Å²) in [6, 6.07) is 8.61. The molecule has 0 saturated carbocycles. The fraction of sp³-hybridized carbons (Fsp3) is 0.389. The lowest BCUT2D eigenvalue weighted by Crippen LogP contribution is -2.49. The molecule has 1 fully saturated rings. The molecule has 1 aromatic carbocycles. The normalized spacial score (nSPS) is 17.8.